The molecular weight excluding hydrogens is 287 g/mol. The van der Waals surface area contributed by atoms with Gasteiger partial charge < -0.3 is 10.6 Å². The average molecular weight is 298 g/mol. The van der Waals surface area contributed by atoms with Crippen molar-refractivity contribution in [3.05, 3.63) is 53.3 Å². The number of halogens is 1. The van der Waals surface area contributed by atoms with E-state index < -0.39 is 0 Å². The topological polar surface area (TPSA) is 41.1 Å². The fourth-order valence-electron chi connectivity index (χ4n) is 2.55. The molecule has 0 radical (unpaired) electrons. The number of amides is 1. The van der Waals surface area contributed by atoms with Crippen molar-refractivity contribution in [2.24, 2.45) is 0 Å². The lowest BCUT2D eigenvalue weighted by Crippen LogP contribution is -2.10. The van der Waals surface area contributed by atoms with Crippen molar-refractivity contribution in [3.8, 4) is 0 Å². The van der Waals surface area contributed by atoms with E-state index in [0.717, 1.165) is 20.7 Å². The molecule has 0 saturated heterocycles. The SMILES string of the molecule is Cc1ccc2c3c(sc2c1)Nc1cc(F)ccc1NC3=O. The van der Waals surface area contributed by atoms with Crippen LogP contribution < -0.4 is 10.6 Å². The number of nitrogens with one attached hydrogen (secondary N) is 2. The Morgan fingerprint density at radius 3 is 2.76 bits per heavy atom. The maximum absolute atomic E-state index is 13.4. The third-order valence-electron chi connectivity index (χ3n) is 3.55. The van der Waals surface area contributed by atoms with Crippen molar-refractivity contribution in [2.75, 3.05) is 10.6 Å². The van der Waals surface area contributed by atoms with Crippen LogP contribution >= 0.6 is 11.3 Å². The number of anilines is 3. The molecule has 3 aromatic rings. The van der Waals surface area contributed by atoms with Gasteiger partial charge in [0, 0.05) is 10.1 Å². The second-order valence-electron chi connectivity index (χ2n) is 5.07. The second-order valence-corrected chi connectivity index (χ2v) is 6.13. The summed E-state index contributed by atoms with van der Waals surface area (Å²) in [5, 5.41) is 7.68. The number of thiophene rings is 1. The van der Waals surface area contributed by atoms with E-state index in [1.165, 1.54) is 23.5 Å². The van der Waals surface area contributed by atoms with E-state index in [0.29, 0.717) is 16.9 Å². The fourth-order valence-corrected chi connectivity index (χ4v) is 3.76. The third-order valence-corrected chi connectivity index (χ3v) is 4.62. The maximum atomic E-state index is 13.4. The van der Waals surface area contributed by atoms with Crippen LogP contribution in [0.4, 0.5) is 20.8 Å². The van der Waals surface area contributed by atoms with Crippen LogP contribution in [-0.4, -0.2) is 5.91 Å². The monoisotopic (exact) mass is 298 g/mol. The van der Waals surface area contributed by atoms with Gasteiger partial charge in [0.05, 0.1) is 16.9 Å². The number of hydrogen-bond donors (Lipinski definition) is 2. The van der Waals surface area contributed by atoms with Crippen LogP contribution in [0.5, 0.6) is 0 Å². The molecule has 3 nitrogen and oxygen atoms in total. The van der Waals surface area contributed by atoms with E-state index in [2.05, 4.69) is 16.7 Å². The fraction of sp³-hybridized carbons (Fsp3) is 0.0625. The average Bonchev–Trinajstić information content (AvgIpc) is 2.72. The lowest BCUT2D eigenvalue weighted by molar-refractivity contribution is 0.103. The van der Waals surface area contributed by atoms with E-state index >= 15 is 0 Å². The molecule has 4 rings (SSSR count). The van der Waals surface area contributed by atoms with Crippen LogP contribution in [0.2, 0.25) is 0 Å². The summed E-state index contributed by atoms with van der Waals surface area (Å²) in [5.41, 5.74) is 2.92. The van der Waals surface area contributed by atoms with E-state index in [1.54, 1.807) is 6.07 Å². The summed E-state index contributed by atoms with van der Waals surface area (Å²) in [4.78, 5) is 12.5. The summed E-state index contributed by atoms with van der Waals surface area (Å²) in [7, 11) is 0. The van der Waals surface area contributed by atoms with Crippen molar-refractivity contribution in [1.29, 1.82) is 0 Å². The smallest absolute Gasteiger partial charge is 0.259 e. The predicted octanol–water partition coefficient (Wildman–Crippen LogP) is 4.66. The molecule has 0 saturated carbocycles. The summed E-state index contributed by atoms with van der Waals surface area (Å²) < 4.78 is 14.5. The molecule has 0 unspecified atom stereocenters. The van der Waals surface area contributed by atoms with Gasteiger partial charge in [0.25, 0.3) is 5.91 Å². The van der Waals surface area contributed by atoms with E-state index in [4.69, 9.17) is 0 Å². The third kappa shape index (κ3) is 1.89. The maximum Gasteiger partial charge on any atom is 0.259 e. The van der Waals surface area contributed by atoms with Crippen LogP contribution in [0.15, 0.2) is 36.4 Å². The number of hydrogen-bond acceptors (Lipinski definition) is 3. The molecule has 0 spiro atoms. The van der Waals surface area contributed by atoms with Gasteiger partial charge in [-0.1, -0.05) is 12.1 Å². The van der Waals surface area contributed by atoms with Crippen molar-refractivity contribution >= 4 is 43.7 Å². The van der Waals surface area contributed by atoms with Gasteiger partial charge in [0.1, 0.15) is 10.8 Å². The molecule has 0 bridgehead atoms. The minimum atomic E-state index is -0.337. The lowest BCUT2D eigenvalue weighted by Gasteiger charge is -2.07. The first-order chi connectivity index (χ1) is 10.1. The van der Waals surface area contributed by atoms with E-state index in [1.807, 2.05) is 19.1 Å². The molecule has 5 heteroatoms. The summed E-state index contributed by atoms with van der Waals surface area (Å²) in [6.45, 7) is 2.02. The Kier molecular flexibility index (Phi) is 2.53. The molecule has 0 atom stereocenters. The van der Waals surface area contributed by atoms with Crippen LogP contribution in [0.25, 0.3) is 10.1 Å². The number of fused-ring (bicyclic) bond motifs is 4. The number of aryl methyl sites for hydroxylation is 1. The van der Waals surface area contributed by atoms with Crippen LogP contribution in [-0.2, 0) is 0 Å². The van der Waals surface area contributed by atoms with Crippen LogP contribution in [0, 0.1) is 12.7 Å². The van der Waals surface area contributed by atoms with Gasteiger partial charge in [-0.15, -0.1) is 11.3 Å². The number of carbonyl (C=O) groups is 1. The normalized spacial score (nSPS) is 13.1. The van der Waals surface area contributed by atoms with Crippen molar-refractivity contribution < 1.29 is 9.18 Å². The molecule has 2 aromatic carbocycles. The summed E-state index contributed by atoms with van der Waals surface area (Å²) in [6, 6.07) is 10.3. The quantitative estimate of drug-likeness (QED) is 0.634. The zero-order chi connectivity index (χ0) is 14.6. The summed E-state index contributed by atoms with van der Waals surface area (Å²) in [6.07, 6.45) is 0. The molecule has 0 fully saturated rings. The number of rotatable bonds is 0. The highest BCUT2D eigenvalue weighted by molar-refractivity contribution is 7.23. The Hall–Kier alpha value is -2.40. The number of benzene rings is 2. The highest BCUT2D eigenvalue weighted by atomic mass is 32.1. The minimum Gasteiger partial charge on any atom is -0.345 e. The molecule has 1 aliphatic heterocycles. The van der Waals surface area contributed by atoms with Gasteiger partial charge in [0.2, 0.25) is 0 Å². The first-order valence-electron chi connectivity index (χ1n) is 6.53. The molecule has 2 heterocycles. The van der Waals surface area contributed by atoms with Gasteiger partial charge in [-0.2, -0.15) is 0 Å². The zero-order valence-corrected chi connectivity index (χ0v) is 12.0. The molecular formula is C16H11FN2OS. The summed E-state index contributed by atoms with van der Waals surface area (Å²) in [5.74, 6) is -0.506. The van der Waals surface area contributed by atoms with Crippen molar-refractivity contribution in [2.45, 2.75) is 6.92 Å². The molecule has 104 valence electrons. The van der Waals surface area contributed by atoms with Gasteiger partial charge in [-0.25, -0.2) is 4.39 Å². The zero-order valence-electron chi connectivity index (χ0n) is 11.2. The van der Waals surface area contributed by atoms with Gasteiger partial charge >= 0.3 is 0 Å². The standard InChI is InChI=1S/C16H11FN2OS/c1-8-2-4-10-13(6-8)21-16-14(10)15(20)18-11-5-3-9(17)7-12(11)19-16/h2-7,19H,1H3,(H,18,20). The Bertz CT molecular complexity index is 901. The molecule has 1 amide bonds. The number of carbonyl (C=O) groups excluding carboxylic acids is 1. The second kappa shape index (κ2) is 4.30. The molecule has 2 N–H and O–H groups in total. The minimum absolute atomic E-state index is 0.169. The Morgan fingerprint density at radius 1 is 1.05 bits per heavy atom. The predicted molar refractivity (Wildman–Crippen MR) is 84.2 cm³/mol. The van der Waals surface area contributed by atoms with E-state index in [-0.39, 0.29) is 11.7 Å². The molecule has 21 heavy (non-hydrogen) atoms. The highest BCUT2D eigenvalue weighted by Gasteiger charge is 2.24. The Morgan fingerprint density at radius 2 is 1.90 bits per heavy atom. The van der Waals surface area contributed by atoms with Crippen LogP contribution in [0.1, 0.15) is 15.9 Å². The van der Waals surface area contributed by atoms with Crippen LogP contribution in [0.3, 0.4) is 0 Å². The Balaban J connectivity index is 1.97. The van der Waals surface area contributed by atoms with Gasteiger partial charge in [-0.3, -0.25) is 4.79 Å². The largest absolute Gasteiger partial charge is 0.345 e. The van der Waals surface area contributed by atoms with E-state index in [9.17, 15) is 9.18 Å². The van der Waals surface area contributed by atoms with Crippen molar-refractivity contribution in [3.63, 3.8) is 0 Å². The molecule has 1 aromatic heterocycles. The highest BCUT2D eigenvalue weighted by Crippen LogP contribution is 2.41. The Labute approximate surface area is 124 Å². The van der Waals surface area contributed by atoms with Gasteiger partial charge in [0.15, 0.2) is 0 Å². The lowest BCUT2D eigenvalue weighted by atomic mass is 10.1. The molecule has 0 aliphatic carbocycles. The van der Waals surface area contributed by atoms with Crippen molar-refractivity contribution in [1.82, 2.24) is 0 Å². The van der Waals surface area contributed by atoms with Gasteiger partial charge in [-0.05, 0) is 36.8 Å². The first kappa shape index (κ1) is 12.3. The molecule has 1 aliphatic rings. The first-order valence-corrected chi connectivity index (χ1v) is 7.34. The summed E-state index contributed by atoms with van der Waals surface area (Å²) >= 11 is 1.51.